The lowest BCUT2D eigenvalue weighted by molar-refractivity contribution is 0.0600. The van der Waals surface area contributed by atoms with Crippen molar-refractivity contribution < 1.29 is 22.7 Å². The third kappa shape index (κ3) is 4.97. The van der Waals surface area contributed by atoms with Gasteiger partial charge in [-0.3, -0.25) is 4.72 Å². The molecular formula is C21H18N2O5S2. The Balaban J connectivity index is 1.82. The zero-order valence-electron chi connectivity index (χ0n) is 16.4. The van der Waals surface area contributed by atoms with Gasteiger partial charge in [-0.2, -0.15) is 8.42 Å². The first-order valence-corrected chi connectivity index (χ1v) is 11.0. The molecule has 1 aromatic heterocycles. The van der Waals surface area contributed by atoms with Crippen molar-refractivity contribution in [1.29, 1.82) is 0 Å². The molecule has 0 atom stereocenters. The Kier molecular flexibility index (Phi) is 6.40. The molecule has 0 fully saturated rings. The Bertz CT molecular complexity index is 1240. The van der Waals surface area contributed by atoms with E-state index in [1.54, 1.807) is 0 Å². The highest BCUT2D eigenvalue weighted by atomic mass is 32.2. The number of methoxy groups -OCH3 is 2. The minimum atomic E-state index is -3.97. The van der Waals surface area contributed by atoms with E-state index in [1.165, 1.54) is 37.8 Å². The number of carbonyl (C=O) groups is 1. The standard InChI is InChI=1S/C21H18N2O5S2/c1-14-4-6-15(7-5-14)8-11-19-22-20(13-29-19)30(25,26)23-17-10-9-16(21(24)28-3)12-18(17)27-2/h4-7,9-10,12-13,23H,1-3H3. The van der Waals surface area contributed by atoms with Crippen molar-refractivity contribution in [1.82, 2.24) is 4.98 Å². The quantitative estimate of drug-likeness (QED) is 0.480. The average Bonchev–Trinajstić information content (AvgIpc) is 3.23. The maximum absolute atomic E-state index is 12.7. The maximum Gasteiger partial charge on any atom is 0.337 e. The molecular weight excluding hydrogens is 424 g/mol. The fraction of sp³-hybridized carbons (Fsp3) is 0.143. The molecule has 9 heteroatoms. The number of thiazole rings is 1. The monoisotopic (exact) mass is 442 g/mol. The lowest BCUT2D eigenvalue weighted by Gasteiger charge is -2.11. The molecule has 2 aromatic carbocycles. The highest BCUT2D eigenvalue weighted by Crippen LogP contribution is 2.28. The highest BCUT2D eigenvalue weighted by molar-refractivity contribution is 7.92. The summed E-state index contributed by atoms with van der Waals surface area (Å²) < 4.78 is 37.7. The van der Waals surface area contributed by atoms with Crippen LogP contribution >= 0.6 is 11.3 Å². The van der Waals surface area contributed by atoms with Crippen molar-refractivity contribution in [2.75, 3.05) is 18.9 Å². The van der Waals surface area contributed by atoms with Crippen LogP contribution in [0, 0.1) is 18.8 Å². The number of aromatic nitrogens is 1. The molecule has 0 spiro atoms. The van der Waals surface area contributed by atoms with E-state index in [1.807, 2.05) is 31.2 Å². The molecule has 3 aromatic rings. The van der Waals surface area contributed by atoms with E-state index in [9.17, 15) is 13.2 Å². The van der Waals surface area contributed by atoms with E-state index in [-0.39, 0.29) is 22.0 Å². The smallest absolute Gasteiger partial charge is 0.337 e. The number of nitrogens with one attached hydrogen (secondary N) is 1. The first kappa shape index (κ1) is 21.4. The van der Waals surface area contributed by atoms with E-state index >= 15 is 0 Å². The van der Waals surface area contributed by atoms with Gasteiger partial charge in [0, 0.05) is 10.9 Å². The third-order valence-corrected chi connectivity index (χ3v) is 6.15. The van der Waals surface area contributed by atoms with E-state index in [0.29, 0.717) is 5.01 Å². The van der Waals surface area contributed by atoms with Gasteiger partial charge in [-0.1, -0.05) is 23.6 Å². The predicted molar refractivity (Wildman–Crippen MR) is 114 cm³/mol. The summed E-state index contributed by atoms with van der Waals surface area (Å²) in [5, 5.41) is 1.64. The Morgan fingerprint density at radius 2 is 1.83 bits per heavy atom. The predicted octanol–water partition coefficient (Wildman–Crippen LogP) is 3.45. The van der Waals surface area contributed by atoms with Crippen LogP contribution in [-0.4, -0.2) is 33.6 Å². The van der Waals surface area contributed by atoms with Crippen LogP contribution in [-0.2, 0) is 14.8 Å². The van der Waals surface area contributed by atoms with Crippen LogP contribution in [0.1, 0.15) is 26.5 Å². The summed E-state index contributed by atoms with van der Waals surface area (Å²) in [4.78, 5) is 15.7. The Hall–Kier alpha value is -3.35. The summed E-state index contributed by atoms with van der Waals surface area (Å²) in [6.07, 6.45) is 0. The first-order valence-electron chi connectivity index (χ1n) is 8.66. The van der Waals surface area contributed by atoms with Gasteiger partial charge in [0.15, 0.2) is 10.0 Å². The number of nitrogens with zero attached hydrogens (tertiary/aromatic N) is 1. The summed E-state index contributed by atoms with van der Waals surface area (Å²) >= 11 is 1.13. The average molecular weight is 443 g/mol. The van der Waals surface area contributed by atoms with Crippen LogP contribution in [0.2, 0.25) is 0 Å². The van der Waals surface area contributed by atoms with Crippen molar-refractivity contribution in [3.63, 3.8) is 0 Å². The van der Waals surface area contributed by atoms with E-state index in [2.05, 4.69) is 26.3 Å². The number of hydrogen-bond donors (Lipinski definition) is 1. The normalized spacial score (nSPS) is 10.6. The first-order chi connectivity index (χ1) is 14.3. The van der Waals surface area contributed by atoms with Gasteiger partial charge in [0.25, 0.3) is 10.0 Å². The van der Waals surface area contributed by atoms with Gasteiger partial charge in [0.2, 0.25) is 0 Å². The minimum absolute atomic E-state index is 0.153. The summed E-state index contributed by atoms with van der Waals surface area (Å²) in [6.45, 7) is 1.99. The van der Waals surface area contributed by atoms with E-state index in [4.69, 9.17) is 4.74 Å². The summed E-state index contributed by atoms with van der Waals surface area (Å²) in [7, 11) is -1.34. The molecule has 7 nitrogen and oxygen atoms in total. The molecule has 0 unspecified atom stereocenters. The molecule has 1 N–H and O–H groups in total. The number of hydrogen-bond acceptors (Lipinski definition) is 7. The number of esters is 1. The molecule has 3 rings (SSSR count). The van der Waals surface area contributed by atoms with Crippen molar-refractivity contribution in [3.8, 4) is 17.6 Å². The van der Waals surface area contributed by atoms with Crippen molar-refractivity contribution in [2.24, 2.45) is 0 Å². The van der Waals surface area contributed by atoms with Gasteiger partial charge >= 0.3 is 5.97 Å². The highest BCUT2D eigenvalue weighted by Gasteiger charge is 2.21. The number of aryl methyl sites for hydroxylation is 1. The van der Waals surface area contributed by atoms with Gasteiger partial charge in [-0.05, 0) is 43.2 Å². The van der Waals surface area contributed by atoms with Crippen LogP contribution < -0.4 is 9.46 Å². The third-order valence-electron chi connectivity index (χ3n) is 3.99. The Morgan fingerprint density at radius 3 is 2.50 bits per heavy atom. The fourth-order valence-corrected chi connectivity index (χ4v) is 4.43. The molecule has 30 heavy (non-hydrogen) atoms. The van der Waals surface area contributed by atoms with Crippen LogP contribution in [0.5, 0.6) is 5.75 Å². The maximum atomic E-state index is 12.7. The lowest BCUT2D eigenvalue weighted by atomic mass is 10.2. The van der Waals surface area contributed by atoms with Crippen molar-refractivity contribution in [3.05, 3.63) is 69.5 Å². The number of rotatable bonds is 5. The molecule has 0 amide bonds. The van der Waals surface area contributed by atoms with Crippen molar-refractivity contribution in [2.45, 2.75) is 11.9 Å². The fourth-order valence-electron chi connectivity index (χ4n) is 2.42. The number of sulfonamides is 1. The Morgan fingerprint density at radius 1 is 1.10 bits per heavy atom. The Labute approximate surface area is 178 Å². The van der Waals surface area contributed by atoms with Gasteiger partial charge in [-0.15, -0.1) is 11.3 Å². The van der Waals surface area contributed by atoms with E-state index in [0.717, 1.165) is 22.5 Å². The van der Waals surface area contributed by atoms with Gasteiger partial charge in [0.1, 0.15) is 5.75 Å². The summed E-state index contributed by atoms with van der Waals surface area (Å²) in [5.41, 5.74) is 2.35. The molecule has 0 aliphatic carbocycles. The van der Waals surface area contributed by atoms with Crippen molar-refractivity contribution >= 4 is 33.0 Å². The van der Waals surface area contributed by atoms with Gasteiger partial charge < -0.3 is 9.47 Å². The SMILES string of the molecule is COC(=O)c1ccc(NS(=O)(=O)c2csc(C#Cc3ccc(C)cc3)n2)c(OC)c1. The number of anilines is 1. The lowest BCUT2D eigenvalue weighted by Crippen LogP contribution is -2.14. The topological polar surface area (TPSA) is 94.6 Å². The molecule has 0 saturated heterocycles. The molecule has 0 bridgehead atoms. The van der Waals surface area contributed by atoms with Crippen LogP contribution in [0.25, 0.3) is 0 Å². The van der Waals surface area contributed by atoms with E-state index < -0.39 is 16.0 Å². The number of ether oxygens (including phenoxy) is 2. The van der Waals surface area contributed by atoms with Gasteiger partial charge in [-0.25, -0.2) is 9.78 Å². The second-order valence-corrected chi connectivity index (χ2v) is 8.61. The van der Waals surface area contributed by atoms with Crippen LogP contribution in [0.15, 0.2) is 52.9 Å². The molecule has 0 aliphatic rings. The number of benzene rings is 2. The summed E-state index contributed by atoms with van der Waals surface area (Å²) in [5.74, 6) is 5.46. The molecule has 0 aliphatic heterocycles. The molecule has 0 saturated carbocycles. The van der Waals surface area contributed by atoms with Gasteiger partial charge in [0.05, 0.1) is 25.5 Å². The molecule has 1 heterocycles. The zero-order chi connectivity index (χ0) is 21.7. The zero-order valence-corrected chi connectivity index (χ0v) is 18.1. The minimum Gasteiger partial charge on any atom is -0.495 e. The molecule has 154 valence electrons. The molecule has 0 radical (unpaired) electrons. The second kappa shape index (κ2) is 8.98. The largest absolute Gasteiger partial charge is 0.495 e. The summed E-state index contributed by atoms with van der Waals surface area (Å²) in [6, 6.07) is 11.9. The van der Waals surface area contributed by atoms with Crippen LogP contribution in [0.3, 0.4) is 0 Å². The second-order valence-electron chi connectivity index (χ2n) is 6.12. The van der Waals surface area contributed by atoms with Crippen LogP contribution in [0.4, 0.5) is 5.69 Å². The number of carbonyl (C=O) groups excluding carboxylic acids is 1.